The molecule has 0 bridgehead atoms. The Morgan fingerprint density at radius 1 is 1.03 bits per heavy atom. The van der Waals surface area contributed by atoms with Crippen LogP contribution in [0.2, 0.25) is 0 Å². The summed E-state index contributed by atoms with van der Waals surface area (Å²) in [6.45, 7) is 11.9. The second-order valence-electron chi connectivity index (χ2n) is 8.55. The number of hydrogen-bond acceptors (Lipinski definition) is 4. The fraction of sp³-hybridized carbons (Fsp3) is 0.519. The van der Waals surface area contributed by atoms with Gasteiger partial charge in [-0.3, -0.25) is 4.79 Å². The first-order chi connectivity index (χ1) is 15.4. The molecule has 0 aliphatic heterocycles. The van der Waals surface area contributed by atoms with Gasteiger partial charge in [0.05, 0.1) is 12.1 Å². The maximum absolute atomic E-state index is 13.4. The number of allylic oxidation sites excluding steroid dienone is 3. The minimum absolute atomic E-state index is 0.128. The van der Waals surface area contributed by atoms with E-state index in [9.17, 15) is 9.90 Å². The van der Waals surface area contributed by atoms with Gasteiger partial charge in [-0.05, 0) is 64.7 Å². The minimum Gasteiger partial charge on any atom is -0.508 e. The molecule has 2 rings (SSSR count). The van der Waals surface area contributed by atoms with Crippen LogP contribution in [0.15, 0.2) is 46.3 Å². The smallest absolute Gasteiger partial charge is 0.297 e. The Hall–Kier alpha value is -2.69. The summed E-state index contributed by atoms with van der Waals surface area (Å²) in [5.74, 6) is 0.855. The first-order valence-corrected chi connectivity index (χ1v) is 11.8. The number of phenolic OH excluding ortho intramolecular Hbond substituents is 1. The van der Waals surface area contributed by atoms with Crippen LogP contribution in [0.3, 0.4) is 0 Å². The van der Waals surface area contributed by atoms with Crippen LogP contribution in [-0.4, -0.2) is 22.9 Å². The molecule has 5 heteroatoms. The first-order valence-electron chi connectivity index (χ1n) is 11.8. The number of unbranched alkanes of at least 4 members (excludes halogenated alkanes) is 2. The van der Waals surface area contributed by atoms with Gasteiger partial charge in [0.1, 0.15) is 12.4 Å². The standard InChI is InChI=1S/C27H39NO4/c1-6-8-16-28-24-19-22(29)13-14-23(24)25(26(27(28)30)31-17-9-7-2)32-18-15-21(5)12-10-11-20(3)4/h11,13-15,19,29H,6-10,12,16-18H2,1-5H3/b21-15+. The van der Waals surface area contributed by atoms with Gasteiger partial charge in [0.25, 0.3) is 5.56 Å². The Labute approximate surface area is 192 Å². The average Bonchev–Trinajstić information content (AvgIpc) is 2.75. The molecular weight excluding hydrogens is 402 g/mol. The van der Waals surface area contributed by atoms with Gasteiger partial charge in [-0.15, -0.1) is 0 Å². The molecule has 0 saturated carbocycles. The van der Waals surface area contributed by atoms with Crippen molar-refractivity contribution < 1.29 is 14.6 Å². The van der Waals surface area contributed by atoms with Crippen molar-refractivity contribution in [2.75, 3.05) is 13.2 Å². The zero-order valence-corrected chi connectivity index (χ0v) is 20.4. The van der Waals surface area contributed by atoms with Gasteiger partial charge >= 0.3 is 0 Å². The number of phenols is 1. The number of aromatic nitrogens is 1. The molecule has 0 aliphatic rings. The number of benzene rings is 1. The first kappa shape index (κ1) is 25.6. The number of nitrogens with zero attached hydrogens (tertiary/aromatic N) is 1. The maximum Gasteiger partial charge on any atom is 0.297 e. The van der Waals surface area contributed by atoms with Crippen LogP contribution in [0.5, 0.6) is 17.2 Å². The fourth-order valence-electron chi connectivity index (χ4n) is 3.47. The molecule has 1 aromatic carbocycles. The van der Waals surface area contributed by atoms with Gasteiger partial charge in [-0.2, -0.15) is 0 Å². The van der Waals surface area contributed by atoms with Gasteiger partial charge in [0.2, 0.25) is 5.75 Å². The molecule has 0 saturated heterocycles. The van der Waals surface area contributed by atoms with Gasteiger partial charge in [0.15, 0.2) is 5.75 Å². The Morgan fingerprint density at radius 3 is 2.47 bits per heavy atom. The number of ether oxygens (including phenoxy) is 2. The lowest BCUT2D eigenvalue weighted by molar-refractivity contribution is 0.274. The molecule has 0 fully saturated rings. The number of pyridine rings is 1. The van der Waals surface area contributed by atoms with E-state index in [1.165, 1.54) is 11.1 Å². The van der Waals surface area contributed by atoms with Gasteiger partial charge in [-0.1, -0.05) is 43.9 Å². The number of aryl methyl sites for hydroxylation is 1. The van der Waals surface area contributed by atoms with E-state index in [1.54, 1.807) is 22.8 Å². The quantitative estimate of drug-likeness (QED) is 0.276. The third kappa shape index (κ3) is 7.18. The SMILES string of the molecule is CCCCOc1c(OC/C=C(\C)CCC=C(C)C)c2ccc(O)cc2n(CCCC)c1=O. The molecule has 0 radical (unpaired) electrons. The summed E-state index contributed by atoms with van der Waals surface area (Å²) in [5.41, 5.74) is 3.04. The predicted molar refractivity (Wildman–Crippen MR) is 133 cm³/mol. The molecule has 0 atom stereocenters. The molecule has 0 spiro atoms. The van der Waals surface area contributed by atoms with Crippen LogP contribution < -0.4 is 15.0 Å². The molecule has 0 unspecified atom stereocenters. The number of rotatable bonds is 13. The van der Waals surface area contributed by atoms with E-state index in [0.29, 0.717) is 31.0 Å². The zero-order valence-electron chi connectivity index (χ0n) is 20.4. The number of fused-ring (bicyclic) bond motifs is 1. The summed E-state index contributed by atoms with van der Waals surface area (Å²) < 4.78 is 13.8. The van der Waals surface area contributed by atoms with E-state index in [2.05, 4.69) is 46.8 Å². The van der Waals surface area contributed by atoms with Crippen LogP contribution in [0, 0.1) is 0 Å². The lowest BCUT2D eigenvalue weighted by Gasteiger charge is -2.18. The molecular formula is C27H39NO4. The van der Waals surface area contributed by atoms with E-state index < -0.39 is 0 Å². The summed E-state index contributed by atoms with van der Waals surface area (Å²) >= 11 is 0. The van der Waals surface area contributed by atoms with Gasteiger partial charge < -0.3 is 19.1 Å². The van der Waals surface area contributed by atoms with Crippen LogP contribution in [0.1, 0.15) is 73.1 Å². The van der Waals surface area contributed by atoms with E-state index in [1.807, 2.05) is 0 Å². The zero-order chi connectivity index (χ0) is 23.5. The van der Waals surface area contributed by atoms with E-state index in [-0.39, 0.29) is 17.1 Å². The molecule has 176 valence electrons. The monoisotopic (exact) mass is 441 g/mol. The van der Waals surface area contributed by atoms with Gasteiger partial charge in [0, 0.05) is 18.0 Å². The van der Waals surface area contributed by atoms with Crippen LogP contribution in [0.25, 0.3) is 10.9 Å². The summed E-state index contributed by atoms with van der Waals surface area (Å²) in [7, 11) is 0. The molecule has 1 N–H and O–H groups in total. The summed E-state index contributed by atoms with van der Waals surface area (Å²) in [6, 6.07) is 5.07. The lowest BCUT2D eigenvalue weighted by atomic mass is 10.1. The summed E-state index contributed by atoms with van der Waals surface area (Å²) in [4.78, 5) is 13.4. The van der Waals surface area contributed by atoms with Crippen molar-refractivity contribution in [1.82, 2.24) is 4.57 Å². The lowest BCUT2D eigenvalue weighted by Crippen LogP contribution is -2.24. The topological polar surface area (TPSA) is 60.7 Å². The van der Waals surface area contributed by atoms with Crippen molar-refractivity contribution in [3.8, 4) is 17.2 Å². The molecule has 1 heterocycles. The summed E-state index contributed by atoms with van der Waals surface area (Å²) in [5, 5.41) is 10.9. The van der Waals surface area contributed by atoms with Crippen molar-refractivity contribution in [2.24, 2.45) is 0 Å². The number of aromatic hydroxyl groups is 1. The third-order valence-corrected chi connectivity index (χ3v) is 5.39. The molecule has 5 nitrogen and oxygen atoms in total. The normalized spacial score (nSPS) is 11.6. The Morgan fingerprint density at radius 2 is 1.78 bits per heavy atom. The molecule has 1 aromatic heterocycles. The Bertz CT molecular complexity index is 997. The second-order valence-corrected chi connectivity index (χ2v) is 8.55. The van der Waals surface area contributed by atoms with E-state index in [4.69, 9.17) is 9.47 Å². The Balaban J connectivity index is 2.43. The van der Waals surface area contributed by atoms with Crippen molar-refractivity contribution in [1.29, 1.82) is 0 Å². The van der Waals surface area contributed by atoms with Crippen molar-refractivity contribution >= 4 is 10.9 Å². The summed E-state index contributed by atoms with van der Waals surface area (Å²) in [6.07, 6.45) is 9.95. The van der Waals surface area contributed by atoms with Crippen LogP contribution >= 0.6 is 0 Å². The van der Waals surface area contributed by atoms with Crippen LogP contribution in [-0.2, 0) is 6.54 Å². The largest absolute Gasteiger partial charge is 0.508 e. The molecule has 2 aromatic rings. The molecule has 32 heavy (non-hydrogen) atoms. The van der Waals surface area contributed by atoms with Gasteiger partial charge in [-0.25, -0.2) is 0 Å². The van der Waals surface area contributed by atoms with Crippen molar-refractivity contribution in [3.05, 3.63) is 51.9 Å². The van der Waals surface area contributed by atoms with Crippen LogP contribution in [0.4, 0.5) is 0 Å². The van der Waals surface area contributed by atoms with E-state index in [0.717, 1.165) is 43.9 Å². The highest BCUT2D eigenvalue weighted by Crippen LogP contribution is 2.35. The van der Waals surface area contributed by atoms with Crippen molar-refractivity contribution in [2.45, 2.75) is 79.7 Å². The van der Waals surface area contributed by atoms with Crippen molar-refractivity contribution in [3.63, 3.8) is 0 Å². The van der Waals surface area contributed by atoms with E-state index >= 15 is 0 Å². The average molecular weight is 442 g/mol. The highest BCUT2D eigenvalue weighted by molar-refractivity contribution is 5.89. The molecule has 0 amide bonds. The fourth-order valence-corrected chi connectivity index (χ4v) is 3.47. The second kappa shape index (κ2) is 13.0. The maximum atomic E-state index is 13.4. The Kier molecular flexibility index (Phi) is 10.4. The highest BCUT2D eigenvalue weighted by Gasteiger charge is 2.20. The third-order valence-electron chi connectivity index (χ3n) is 5.39. The molecule has 0 aliphatic carbocycles. The highest BCUT2D eigenvalue weighted by atomic mass is 16.5. The predicted octanol–water partition coefficient (Wildman–Crippen LogP) is 6.76. The number of hydrogen-bond donors (Lipinski definition) is 1. The minimum atomic E-state index is -0.202.